The molecule has 116 valence electrons. The molecule has 0 amide bonds. The van der Waals surface area contributed by atoms with E-state index in [2.05, 4.69) is 17.0 Å². The van der Waals surface area contributed by atoms with Crippen molar-refractivity contribution in [3.63, 3.8) is 0 Å². The van der Waals surface area contributed by atoms with Crippen LogP contribution in [0.5, 0.6) is 0 Å². The van der Waals surface area contributed by atoms with Crippen molar-refractivity contribution in [2.75, 3.05) is 19.0 Å². The lowest BCUT2D eigenvalue weighted by Gasteiger charge is -2.12. The van der Waals surface area contributed by atoms with Crippen molar-refractivity contribution in [3.05, 3.63) is 76.7 Å². The molecule has 0 saturated carbocycles. The van der Waals surface area contributed by atoms with E-state index in [1.165, 1.54) is 0 Å². The van der Waals surface area contributed by atoms with Crippen LogP contribution in [0.2, 0.25) is 0 Å². The molecule has 1 aromatic heterocycles. The molecule has 0 N–H and O–H groups in total. The lowest BCUT2D eigenvalue weighted by molar-refractivity contribution is 0.104. The van der Waals surface area contributed by atoms with Gasteiger partial charge in [-0.15, -0.1) is 11.3 Å². The number of hydrogen-bond acceptors (Lipinski definition) is 3. The summed E-state index contributed by atoms with van der Waals surface area (Å²) in [6.45, 7) is 2.02. The molecule has 0 aliphatic carbocycles. The van der Waals surface area contributed by atoms with Crippen LogP contribution in [0.3, 0.4) is 0 Å². The zero-order valence-electron chi connectivity index (χ0n) is 13.5. The van der Waals surface area contributed by atoms with Crippen LogP contribution in [-0.4, -0.2) is 19.9 Å². The van der Waals surface area contributed by atoms with Gasteiger partial charge in [-0.1, -0.05) is 60.2 Å². The van der Waals surface area contributed by atoms with Crippen molar-refractivity contribution in [1.29, 1.82) is 0 Å². The van der Waals surface area contributed by atoms with E-state index in [9.17, 15) is 4.79 Å². The molecule has 0 radical (unpaired) electrons. The number of benzene rings is 2. The summed E-state index contributed by atoms with van der Waals surface area (Å²) in [4.78, 5) is 15.6. The number of carbonyl (C=O) groups excluding carboxylic acids is 1. The molecule has 0 bridgehead atoms. The van der Waals surface area contributed by atoms with Gasteiger partial charge in [0.1, 0.15) is 0 Å². The third-order valence-corrected chi connectivity index (χ3v) is 5.04. The fourth-order valence-corrected chi connectivity index (χ4v) is 3.56. The summed E-state index contributed by atoms with van der Waals surface area (Å²) in [7, 11) is 4.02. The molecule has 0 fully saturated rings. The van der Waals surface area contributed by atoms with Gasteiger partial charge in [-0.3, -0.25) is 4.79 Å². The predicted octanol–water partition coefficient (Wildman–Crippen LogP) is 5.02. The maximum Gasteiger partial charge on any atom is 0.203 e. The molecule has 0 unspecified atom stereocenters. The zero-order chi connectivity index (χ0) is 16.4. The van der Waals surface area contributed by atoms with E-state index in [0.717, 1.165) is 32.1 Å². The largest absolute Gasteiger partial charge is 0.369 e. The van der Waals surface area contributed by atoms with Gasteiger partial charge in [0.15, 0.2) is 0 Å². The van der Waals surface area contributed by atoms with Gasteiger partial charge in [-0.25, -0.2) is 0 Å². The number of ketones is 1. The van der Waals surface area contributed by atoms with Gasteiger partial charge >= 0.3 is 0 Å². The molecule has 3 aromatic rings. The summed E-state index contributed by atoms with van der Waals surface area (Å²) in [5.41, 5.74) is 4.14. The van der Waals surface area contributed by atoms with Crippen LogP contribution in [0.4, 0.5) is 5.00 Å². The lowest BCUT2D eigenvalue weighted by Crippen LogP contribution is -2.07. The summed E-state index contributed by atoms with van der Waals surface area (Å²) in [6, 6.07) is 20.0. The van der Waals surface area contributed by atoms with Crippen molar-refractivity contribution in [3.8, 4) is 11.1 Å². The molecule has 0 atom stereocenters. The minimum Gasteiger partial charge on any atom is -0.369 e. The van der Waals surface area contributed by atoms with Gasteiger partial charge in [-0.05, 0) is 18.6 Å². The summed E-state index contributed by atoms with van der Waals surface area (Å²) >= 11 is 1.55. The van der Waals surface area contributed by atoms with E-state index >= 15 is 0 Å². The van der Waals surface area contributed by atoms with E-state index in [0.29, 0.717) is 0 Å². The van der Waals surface area contributed by atoms with Gasteiger partial charge < -0.3 is 4.90 Å². The van der Waals surface area contributed by atoms with Crippen LogP contribution in [0.15, 0.2) is 60.7 Å². The van der Waals surface area contributed by atoms with E-state index in [-0.39, 0.29) is 5.78 Å². The predicted molar refractivity (Wildman–Crippen MR) is 98.7 cm³/mol. The quantitative estimate of drug-likeness (QED) is 0.629. The van der Waals surface area contributed by atoms with Crippen molar-refractivity contribution in [1.82, 2.24) is 0 Å². The summed E-state index contributed by atoms with van der Waals surface area (Å²) in [5, 5.41) is 1.10. The zero-order valence-corrected chi connectivity index (χ0v) is 14.4. The fourth-order valence-electron chi connectivity index (χ4n) is 2.50. The minimum atomic E-state index is 0.0836. The molecular weight excluding hydrogens is 302 g/mol. The smallest absolute Gasteiger partial charge is 0.203 e. The standard InChI is InChI=1S/C20H19NOS/c1-14-9-11-16(12-10-14)19(22)18-13-17(20(23-18)21(2)3)15-7-5-4-6-8-15/h4-13H,1-3H3. The van der Waals surface area contributed by atoms with Crippen molar-refractivity contribution in [2.45, 2.75) is 6.92 Å². The molecule has 2 nitrogen and oxygen atoms in total. The molecule has 3 rings (SSSR count). The number of aryl methyl sites for hydroxylation is 1. The molecule has 1 heterocycles. The number of thiophene rings is 1. The van der Waals surface area contributed by atoms with E-state index in [1.54, 1.807) is 11.3 Å². The summed E-state index contributed by atoms with van der Waals surface area (Å²) in [5.74, 6) is 0.0836. The highest BCUT2D eigenvalue weighted by atomic mass is 32.1. The Morgan fingerprint density at radius 1 is 0.957 bits per heavy atom. The highest BCUT2D eigenvalue weighted by molar-refractivity contribution is 7.18. The normalized spacial score (nSPS) is 10.6. The molecule has 23 heavy (non-hydrogen) atoms. The SMILES string of the molecule is Cc1ccc(C(=O)c2cc(-c3ccccc3)c(N(C)C)s2)cc1. The Hall–Kier alpha value is -2.39. The summed E-state index contributed by atoms with van der Waals surface area (Å²) < 4.78 is 0. The van der Waals surface area contributed by atoms with Gasteiger partial charge in [-0.2, -0.15) is 0 Å². The molecule has 3 heteroatoms. The first-order valence-electron chi connectivity index (χ1n) is 7.54. The topological polar surface area (TPSA) is 20.3 Å². The Morgan fingerprint density at radius 3 is 2.22 bits per heavy atom. The van der Waals surface area contributed by atoms with Crippen LogP contribution in [0.1, 0.15) is 20.8 Å². The molecule has 0 spiro atoms. The first kappa shape index (κ1) is 15.5. The average Bonchev–Trinajstić information content (AvgIpc) is 3.01. The Kier molecular flexibility index (Phi) is 4.30. The van der Waals surface area contributed by atoms with Gasteiger partial charge in [0.2, 0.25) is 5.78 Å². The molecule has 0 aliphatic rings. The van der Waals surface area contributed by atoms with Crippen LogP contribution in [-0.2, 0) is 0 Å². The van der Waals surface area contributed by atoms with Gasteiger partial charge in [0.05, 0.1) is 9.88 Å². The van der Waals surface area contributed by atoms with Crippen LogP contribution >= 0.6 is 11.3 Å². The average molecular weight is 321 g/mol. The monoisotopic (exact) mass is 321 g/mol. The van der Waals surface area contributed by atoms with Crippen molar-refractivity contribution in [2.24, 2.45) is 0 Å². The van der Waals surface area contributed by atoms with Gasteiger partial charge in [0.25, 0.3) is 0 Å². The second-order valence-corrected chi connectivity index (χ2v) is 6.82. The van der Waals surface area contributed by atoms with Crippen LogP contribution in [0, 0.1) is 6.92 Å². The highest BCUT2D eigenvalue weighted by Crippen LogP contribution is 2.38. The maximum atomic E-state index is 12.8. The summed E-state index contributed by atoms with van der Waals surface area (Å²) in [6.07, 6.45) is 0. The van der Waals surface area contributed by atoms with Crippen molar-refractivity contribution < 1.29 is 4.79 Å². The second-order valence-electron chi connectivity index (χ2n) is 5.79. The highest BCUT2D eigenvalue weighted by Gasteiger charge is 2.18. The number of anilines is 1. The third-order valence-electron chi connectivity index (χ3n) is 3.74. The molecule has 0 aliphatic heterocycles. The first-order chi connectivity index (χ1) is 11.1. The molecule has 2 aromatic carbocycles. The fraction of sp³-hybridized carbons (Fsp3) is 0.150. The molecule has 0 saturated heterocycles. The van der Waals surface area contributed by atoms with E-state index in [4.69, 9.17) is 0 Å². The van der Waals surface area contributed by atoms with Crippen molar-refractivity contribution >= 4 is 22.1 Å². The lowest BCUT2D eigenvalue weighted by atomic mass is 10.0. The minimum absolute atomic E-state index is 0.0836. The van der Waals surface area contributed by atoms with E-state index < -0.39 is 0 Å². The number of nitrogens with zero attached hydrogens (tertiary/aromatic N) is 1. The maximum absolute atomic E-state index is 12.8. The Morgan fingerprint density at radius 2 is 1.61 bits per heavy atom. The third kappa shape index (κ3) is 3.20. The second kappa shape index (κ2) is 6.39. The number of hydrogen-bond donors (Lipinski definition) is 0. The van der Waals surface area contributed by atoms with E-state index in [1.807, 2.05) is 69.6 Å². The van der Waals surface area contributed by atoms with Crippen LogP contribution < -0.4 is 4.90 Å². The number of carbonyl (C=O) groups is 1. The van der Waals surface area contributed by atoms with Gasteiger partial charge in [0, 0.05) is 25.2 Å². The first-order valence-corrected chi connectivity index (χ1v) is 8.36. The molecular formula is C20H19NOS. The number of rotatable bonds is 4. The Balaban J connectivity index is 2.04. The Bertz CT molecular complexity index is 817. The van der Waals surface area contributed by atoms with Crippen LogP contribution in [0.25, 0.3) is 11.1 Å². The Labute approximate surface area is 141 Å².